The van der Waals surface area contributed by atoms with Crippen LogP contribution >= 0.6 is 0 Å². The van der Waals surface area contributed by atoms with Gasteiger partial charge in [0.15, 0.2) is 29.4 Å². The van der Waals surface area contributed by atoms with Gasteiger partial charge in [0, 0.05) is 19.2 Å². The fourth-order valence-electron chi connectivity index (χ4n) is 4.26. The van der Waals surface area contributed by atoms with Crippen LogP contribution < -0.4 is 0 Å². The molecular formula is C25H23F3N4O2. The maximum absolute atomic E-state index is 14.0. The van der Waals surface area contributed by atoms with Crippen LogP contribution in [0.25, 0.3) is 11.8 Å². The second-order valence-electron chi connectivity index (χ2n) is 8.72. The molecule has 3 aromatic rings. The molecule has 2 heterocycles. The normalized spacial score (nSPS) is 20.5. The van der Waals surface area contributed by atoms with Gasteiger partial charge >= 0.3 is 0 Å². The summed E-state index contributed by atoms with van der Waals surface area (Å²) < 4.78 is 43.2. The van der Waals surface area contributed by atoms with E-state index in [-0.39, 0.29) is 17.2 Å². The van der Waals surface area contributed by atoms with Crippen molar-refractivity contribution in [3.8, 4) is 11.4 Å². The van der Waals surface area contributed by atoms with E-state index in [2.05, 4.69) is 10.1 Å². The summed E-state index contributed by atoms with van der Waals surface area (Å²) >= 11 is 0. The van der Waals surface area contributed by atoms with Crippen molar-refractivity contribution < 1.29 is 23.1 Å². The first-order valence-corrected chi connectivity index (χ1v) is 10.9. The Bertz CT molecular complexity index is 1280. The van der Waals surface area contributed by atoms with Crippen LogP contribution in [0.2, 0.25) is 0 Å². The number of hydrogen-bond donors (Lipinski definition) is 1. The zero-order valence-corrected chi connectivity index (χ0v) is 18.6. The van der Waals surface area contributed by atoms with Crippen molar-refractivity contribution in [3.63, 3.8) is 0 Å². The van der Waals surface area contributed by atoms with Gasteiger partial charge < -0.3 is 19.4 Å². The lowest BCUT2D eigenvalue weighted by molar-refractivity contribution is -0.0256. The van der Waals surface area contributed by atoms with Gasteiger partial charge in [0.1, 0.15) is 5.75 Å². The third-order valence-corrected chi connectivity index (χ3v) is 6.21. The second-order valence-corrected chi connectivity index (χ2v) is 8.72. The monoisotopic (exact) mass is 468 g/mol. The van der Waals surface area contributed by atoms with Gasteiger partial charge in [-0.1, -0.05) is 17.3 Å². The zero-order chi connectivity index (χ0) is 24.0. The SMILES string of the molecule is Cc1cn(-c2ccc(/C=C/C3=NOC(C4CC4)[C@H](c4cc(F)c(F)c(F)c4)N3C)cc2O)cn1. The van der Waals surface area contributed by atoms with E-state index in [0.29, 0.717) is 17.1 Å². The van der Waals surface area contributed by atoms with E-state index < -0.39 is 29.6 Å². The number of phenols is 1. The number of likely N-dealkylation sites (N-methyl/N-ethyl adjacent to an activating group) is 1. The van der Waals surface area contributed by atoms with Crippen molar-refractivity contribution in [2.75, 3.05) is 7.05 Å². The first-order valence-electron chi connectivity index (χ1n) is 10.9. The Labute approximate surface area is 194 Å². The van der Waals surface area contributed by atoms with E-state index in [4.69, 9.17) is 4.84 Å². The molecule has 2 aromatic carbocycles. The lowest BCUT2D eigenvalue weighted by Crippen LogP contribution is -2.43. The number of imidazole rings is 1. The Morgan fingerprint density at radius 1 is 1.09 bits per heavy atom. The van der Waals surface area contributed by atoms with Crippen LogP contribution in [-0.2, 0) is 4.84 Å². The third kappa shape index (κ3) is 4.13. The van der Waals surface area contributed by atoms with Crippen LogP contribution in [0.4, 0.5) is 13.2 Å². The molecule has 1 N–H and O–H groups in total. The maximum Gasteiger partial charge on any atom is 0.194 e. The molecule has 1 saturated carbocycles. The van der Waals surface area contributed by atoms with E-state index in [1.807, 2.05) is 19.2 Å². The highest BCUT2D eigenvalue weighted by atomic mass is 19.2. The molecule has 0 radical (unpaired) electrons. The highest BCUT2D eigenvalue weighted by Crippen LogP contribution is 2.44. The Hall–Kier alpha value is -3.75. The molecular weight excluding hydrogens is 445 g/mol. The molecule has 176 valence electrons. The molecule has 2 atom stereocenters. The van der Waals surface area contributed by atoms with Crippen LogP contribution in [0.1, 0.15) is 35.7 Å². The maximum atomic E-state index is 14.0. The first kappa shape index (κ1) is 22.1. The van der Waals surface area contributed by atoms with Gasteiger partial charge in [-0.05, 0) is 61.2 Å². The molecule has 5 rings (SSSR count). The number of benzene rings is 2. The van der Waals surface area contributed by atoms with Gasteiger partial charge in [-0.25, -0.2) is 18.2 Å². The molecule has 6 nitrogen and oxygen atoms in total. The predicted molar refractivity (Wildman–Crippen MR) is 121 cm³/mol. The molecule has 1 aromatic heterocycles. The number of halogens is 3. The summed E-state index contributed by atoms with van der Waals surface area (Å²) in [5, 5.41) is 14.7. The summed E-state index contributed by atoms with van der Waals surface area (Å²) in [4.78, 5) is 11.7. The summed E-state index contributed by atoms with van der Waals surface area (Å²) in [6, 6.07) is 6.71. The number of oxime groups is 1. The van der Waals surface area contributed by atoms with Gasteiger partial charge in [0.2, 0.25) is 0 Å². The van der Waals surface area contributed by atoms with Gasteiger partial charge in [0.05, 0.1) is 23.8 Å². The number of aryl methyl sites for hydroxylation is 1. The minimum Gasteiger partial charge on any atom is -0.506 e. The van der Waals surface area contributed by atoms with E-state index in [9.17, 15) is 18.3 Å². The highest BCUT2D eigenvalue weighted by molar-refractivity contribution is 5.96. The first-order chi connectivity index (χ1) is 16.3. The fourth-order valence-corrected chi connectivity index (χ4v) is 4.26. The number of phenolic OH excluding ortho intramolecular Hbond substituents is 1. The molecule has 0 saturated heterocycles. The number of aromatic nitrogens is 2. The fraction of sp³-hybridized carbons (Fsp3) is 0.280. The van der Waals surface area contributed by atoms with Crippen LogP contribution in [0.15, 0.2) is 54.1 Å². The van der Waals surface area contributed by atoms with Crippen LogP contribution in [0, 0.1) is 30.3 Å². The zero-order valence-electron chi connectivity index (χ0n) is 18.6. The van der Waals surface area contributed by atoms with Crippen molar-refractivity contribution in [1.82, 2.24) is 14.5 Å². The van der Waals surface area contributed by atoms with E-state index in [0.717, 1.165) is 30.7 Å². The summed E-state index contributed by atoms with van der Waals surface area (Å²) in [5.74, 6) is -3.23. The van der Waals surface area contributed by atoms with Crippen LogP contribution in [0.5, 0.6) is 5.75 Å². The Morgan fingerprint density at radius 3 is 2.44 bits per heavy atom. The Morgan fingerprint density at radius 2 is 1.82 bits per heavy atom. The van der Waals surface area contributed by atoms with E-state index >= 15 is 0 Å². The number of rotatable bonds is 5. The minimum absolute atomic E-state index is 0.0821. The predicted octanol–water partition coefficient (Wildman–Crippen LogP) is 5.11. The highest BCUT2D eigenvalue weighted by Gasteiger charge is 2.44. The Kier molecular flexibility index (Phi) is 5.55. The van der Waals surface area contributed by atoms with Crippen LogP contribution in [0.3, 0.4) is 0 Å². The lowest BCUT2D eigenvalue weighted by Gasteiger charge is -2.38. The van der Waals surface area contributed by atoms with Gasteiger partial charge in [-0.15, -0.1) is 0 Å². The number of hydrogen-bond acceptors (Lipinski definition) is 5. The minimum atomic E-state index is -1.49. The van der Waals surface area contributed by atoms with Gasteiger partial charge in [-0.3, -0.25) is 0 Å². The average molecular weight is 468 g/mol. The van der Waals surface area contributed by atoms with Crippen molar-refractivity contribution in [1.29, 1.82) is 0 Å². The summed E-state index contributed by atoms with van der Waals surface area (Å²) in [5.41, 5.74) is 2.44. The molecule has 2 aliphatic rings. The lowest BCUT2D eigenvalue weighted by atomic mass is 9.95. The largest absolute Gasteiger partial charge is 0.506 e. The van der Waals surface area contributed by atoms with Crippen molar-refractivity contribution >= 4 is 11.9 Å². The quantitative estimate of drug-likeness (QED) is 0.529. The second kappa shape index (κ2) is 8.55. The van der Waals surface area contributed by atoms with E-state index in [1.165, 1.54) is 0 Å². The molecule has 34 heavy (non-hydrogen) atoms. The van der Waals surface area contributed by atoms with E-state index in [1.54, 1.807) is 47.1 Å². The van der Waals surface area contributed by atoms with Crippen molar-refractivity contribution in [3.05, 3.63) is 83.2 Å². The summed E-state index contributed by atoms with van der Waals surface area (Å²) in [7, 11) is 1.76. The molecule has 0 spiro atoms. The Balaban J connectivity index is 1.41. The number of amidine groups is 1. The molecule has 0 bridgehead atoms. The van der Waals surface area contributed by atoms with Gasteiger partial charge in [-0.2, -0.15) is 0 Å². The summed E-state index contributed by atoms with van der Waals surface area (Å²) in [6.07, 6.45) is 8.36. The molecule has 9 heteroatoms. The topological polar surface area (TPSA) is 62.9 Å². The number of aromatic hydroxyl groups is 1. The summed E-state index contributed by atoms with van der Waals surface area (Å²) in [6.45, 7) is 1.86. The van der Waals surface area contributed by atoms with Gasteiger partial charge in [0.25, 0.3) is 0 Å². The average Bonchev–Trinajstić information content (AvgIpc) is 3.56. The molecule has 1 aliphatic heterocycles. The van der Waals surface area contributed by atoms with Crippen molar-refractivity contribution in [2.45, 2.75) is 31.9 Å². The smallest absolute Gasteiger partial charge is 0.194 e. The standard InChI is InChI=1S/C25H23F3N4O2/c1-14-12-32(13-29-14)20-7-3-15(9-21(20)33)4-8-22-30-34-25(16-5-6-16)24(31(22)2)17-10-18(26)23(28)19(27)11-17/h3-4,7-13,16,24-25,33H,5-6H2,1-2H3/b8-4+/t24-,25?/m0/s1. The van der Waals surface area contributed by atoms with Crippen LogP contribution in [-0.4, -0.2) is 38.5 Å². The third-order valence-electron chi connectivity index (χ3n) is 6.21. The number of nitrogens with zero attached hydrogens (tertiary/aromatic N) is 4. The molecule has 1 aliphatic carbocycles. The molecule has 0 amide bonds. The van der Waals surface area contributed by atoms with Crippen molar-refractivity contribution in [2.24, 2.45) is 11.1 Å². The molecule has 1 unspecified atom stereocenters. The molecule has 1 fully saturated rings.